The highest BCUT2D eigenvalue weighted by molar-refractivity contribution is 9.09. The van der Waals surface area contributed by atoms with Crippen molar-refractivity contribution in [3.63, 3.8) is 0 Å². The summed E-state index contributed by atoms with van der Waals surface area (Å²) in [6.07, 6.45) is 4.29. The van der Waals surface area contributed by atoms with Crippen LogP contribution >= 0.6 is 15.9 Å². The van der Waals surface area contributed by atoms with Crippen molar-refractivity contribution in [2.75, 3.05) is 5.33 Å². The van der Waals surface area contributed by atoms with E-state index >= 15 is 0 Å². The zero-order valence-corrected chi connectivity index (χ0v) is 10.4. The van der Waals surface area contributed by atoms with Gasteiger partial charge in [0.15, 0.2) is 0 Å². The number of hydrogen-bond donors (Lipinski definition) is 0. The zero-order chi connectivity index (χ0) is 9.64. The molecule has 3 aliphatic rings. The van der Waals surface area contributed by atoms with Gasteiger partial charge in [-0.3, -0.25) is 0 Å². The topological polar surface area (TPSA) is 0 Å². The van der Waals surface area contributed by atoms with Gasteiger partial charge in [-0.05, 0) is 43.4 Å². The van der Waals surface area contributed by atoms with Gasteiger partial charge >= 0.3 is 0 Å². The largest absolute Gasteiger partial charge is 0.0922 e. The van der Waals surface area contributed by atoms with E-state index in [-0.39, 0.29) is 0 Å². The standard InChI is InChI=1S/C12H19Br/c1-8-4-10-5-12(3,6-10)11(8)9(2)7-13/h9-10H,4-7H2,1-3H3. The first-order valence-electron chi connectivity index (χ1n) is 5.33. The van der Waals surface area contributed by atoms with E-state index in [9.17, 15) is 0 Å². The van der Waals surface area contributed by atoms with Crippen LogP contribution in [0.5, 0.6) is 0 Å². The Bertz CT molecular complexity index is 246. The van der Waals surface area contributed by atoms with E-state index in [2.05, 4.69) is 36.7 Å². The van der Waals surface area contributed by atoms with E-state index in [1.54, 1.807) is 11.1 Å². The lowest BCUT2D eigenvalue weighted by Crippen LogP contribution is -2.43. The summed E-state index contributed by atoms with van der Waals surface area (Å²) in [6, 6.07) is 0. The fourth-order valence-electron chi connectivity index (χ4n) is 3.73. The van der Waals surface area contributed by atoms with Crippen molar-refractivity contribution in [1.82, 2.24) is 0 Å². The molecule has 0 amide bonds. The van der Waals surface area contributed by atoms with Crippen molar-refractivity contribution >= 4 is 15.9 Å². The fourth-order valence-corrected chi connectivity index (χ4v) is 4.05. The first-order valence-corrected chi connectivity index (χ1v) is 6.45. The number of rotatable bonds is 2. The molecule has 1 fully saturated rings. The normalized spacial score (nSPS) is 40.2. The second kappa shape index (κ2) is 3.12. The summed E-state index contributed by atoms with van der Waals surface area (Å²) >= 11 is 3.61. The van der Waals surface area contributed by atoms with E-state index in [4.69, 9.17) is 0 Å². The highest BCUT2D eigenvalue weighted by atomic mass is 79.9. The van der Waals surface area contributed by atoms with Gasteiger partial charge in [0.1, 0.15) is 0 Å². The number of allylic oxidation sites excluding steroid dienone is 2. The lowest BCUT2D eigenvalue weighted by Gasteiger charge is -2.54. The lowest BCUT2D eigenvalue weighted by molar-refractivity contribution is 0.0838. The SMILES string of the molecule is CC1=C(C(C)CBr)C2(C)CC(C1)C2. The molecule has 0 N–H and O–H groups in total. The van der Waals surface area contributed by atoms with Gasteiger partial charge in [-0.1, -0.05) is 40.9 Å². The molecule has 0 aromatic rings. The Labute approximate surface area is 89.9 Å². The first-order chi connectivity index (χ1) is 6.07. The second-order valence-electron chi connectivity index (χ2n) is 5.29. The lowest BCUT2D eigenvalue weighted by atomic mass is 9.51. The van der Waals surface area contributed by atoms with Gasteiger partial charge in [0.2, 0.25) is 0 Å². The molecule has 0 aromatic heterocycles. The van der Waals surface area contributed by atoms with Crippen molar-refractivity contribution in [3.8, 4) is 0 Å². The summed E-state index contributed by atoms with van der Waals surface area (Å²) in [7, 11) is 0. The maximum absolute atomic E-state index is 3.61. The van der Waals surface area contributed by atoms with Crippen molar-refractivity contribution in [1.29, 1.82) is 0 Å². The van der Waals surface area contributed by atoms with Crippen LogP contribution in [0.25, 0.3) is 0 Å². The molecule has 1 unspecified atom stereocenters. The second-order valence-corrected chi connectivity index (χ2v) is 5.94. The summed E-state index contributed by atoms with van der Waals surface area (Å²) in [5.41, 5.74) is 4.05. The number of alkyl halides is 1. The number of halogens is 1. The molecule has 2 bridgehead atoms. The first kappa shape index (κ1) is 9.76. The summed E-state index contributed by atoms with van der Waals surface area (Å²) in [4.78, 5) is 0. The predicted octanol–water partition coefficient (Wildman–Crippen LogP) is 4.15. The van der Waals surface area contributed by atoms with Gasteiger partial charge in [0.25, 0.3) is 0 Å². The fraction of sp³-hybridized carbons (Fsp3) is 0.833. The molecule has 3 rings (SSSR count). The summed E-state index contributed by atoms with van der Waals surface area (Å²) < 4.78 is 0. The molecule has 1 saturated carbocycles. The van der Waals surface area contributed by atoms with Gasteiger partial charge < -0.3 is 0 Å². The van der Waals surface area contributed by atoms with E-state index in [0.29, 0.717) is 5.41 Å². The van der Waals surface area contributed by atoms with Crippen LogP contribution in [0, 0.1) is 17.3 Å². The van der Waals surface area contributed by atoms with Crippen LogP contribution in [0.15, 0.2) is 11.1 Å². The molecule has 1 heteroatoms. The molecule has 0 spiro atoms. The smallest absolute Gasteiger partial charge is 0.00946 e. The van der Waals surface area contributed by atoms with E-state index in [0.717, 1.165) is 17.2 Å². The minimum absolute atomic E-state index is 0.584. The van der Waals surface area contributed by atoms with E-state index < -0.39 is 0 Å². The van der Waals surface area contributed by atoms with Crippen LogP contribution in [-0.2, 0) is 0 Å². The summed E-state index contributed by atoms with van der Waals surface area (Å²) in [6.45, 7) is 7.16. The third-order valence-electron chi connectivity index (χ3n) is 3.91. The molecular formula is C12H19Br. The van der Waals surface area contributed by atoms with E-state index in [1.165, 1.54) is 19.3 Å². The summed E-state index contributed by atoms with van der Waals surface area (Å²) in [5.74, 6) is 1.77. The molecule has 0 aromatic carbocycles. The highest BCUT2D eigenvalue weighted by Gasteiger charge is 2.48. The molecule has 74 valence electrons. The quantitative estimate of drug-likeness (QED) is 0.504. The Kier molecular flexibility index (Phi) is 2.34. The highest BCUT2D eigenvalue weighted by Crippen LogP contribution is 2.59. The minimum Gasteiger partial charge on any atom is -0.0922 e. The molecule has 0 nitrogen and oxygen atoms in total. The molecular weight excluding hydrogens is 224 g/mol. The van der Waals surface area contributed by atoms with Crippen LogP contribution in [0.1, 0.15) is 40.0 Å². The van der Waals surface area contributed by atoms with Crippen molar-refractivity contribution in [2.45, 2.75) is 40.0 Å². The summed E-state index contributed by atoms with van der Waals surface area (Å²) in [5, 5.41) is 1.12. The molecule has 0 aliphatic heterocycles. The zero-order valence-electron chi connectivity index (χ0n) is 8.86. The average molecular weight is 243 g/mol. The third kappa shape index (κ3) is 1.40. The Hall–Kier alpha value is 0.220. The van der Waals surface area contributed by atoms with Gasteiger partial charge in [-0.15, -0.1) is 0 Å². The van der Waals surface area contributed by atoms with Gasteiger partial charge in [-0.2, -0.15) is 0 Å². The average Bonchev–Trinajstić information content (AvgIpc) is 2.00. The molecule has 0 saturated heterocycles. The van der Waals surface area contributed by atoms with Gasteiger partial charge in [0.05, 0.1) is 0 Å². The third-order valence-corrected chi connectivity index (χ3v) is 4.88. The van der Waals surface area contributed by atoms with Crippen LogP contribution in [-0.4, -0.2) is 5.33 Å². The Morgan fingerprint density at radius 3 is 2.62 bits per heavy atom. The Morgan fingerprint density at radius 1 is 1.54 bits per heavy atom. The Balaban J connectivity index is 2.30. The molecule has 0 radical (unpaired) electrons. The molecule has 3 aliphatic carbocycles. The van der Waals surface area contributed by atoms with Gasteiger partial charge in [-0.25, -0.2) is 0 Å². The molecule has 1 atom stereocenters. The van der Waals surface area contributed by atoms with Crippen LogP contribution in [0.2, 0.25) is 0 Å². The maximum Gasteiger partial charge on any atom is 0.00946 e. The minimum atomic E-state index is 0.584. The maximum atomic E-state index is 3.61. The Morgan fingerprint density at radius 2 is 2.15 bits per heavy atom. The van der Waals surface area contributed by atoms with Crippen LogP contribution < -0.4 is 0 Å². The van der Waals surface area contributed by atoms with Crippen molar-refractivity contribution < 1.29 is 0 Å². The van der Waals surface area contributed by atoms with Crippen molar-refractivity contribution in [2.24, 2.45) is 17.3 Å². The predicted molar refractivity (Wildman–Crippen MR) is 61.1 cm³/mol. The van der Waals surface area contributed by atoms with Gasteiger partial charge in [0, 0.05) is 5.33 Å². The van der Waals surface area contributed by atoms with Crippen molar-refractivity contribution in [3.05, 3.63) is 11.1 Å². The van der Waals surface area contributed by atoms with Crippen LogP contribution in [0.3, 0.4) is 0 Å². The van der Waals surface area contributed by atoms with E-state index in [1.807, 2.05) is 0 Å². The number of hydrogen-bond acceptors (Lipinski definition) is 0. The molecule has 13 heavy (non-hydrogen) atoms. The monoisotopic (exact) mass is 242 g/mol. The molecule has 0 heterocycles. The number of fused-ring (bicyclic) bond motifs is 1. The van der Waals surface area contributed by atoms with Crippen LogP contribution in [0.4, 0.5) is 0 Å².